The topological polar surface area (TPSA) is 90.3 Å². The van der Waals surface area contributed by atoms with Crippen molar-refractivity contribution in [3.05, 3.63) is 24.0 Å². The van der Waals surface area contributed by atoms with Gasteiger partial charge in [0, 0.05) is 26.2 Å². The number of ether oxygens (including phenoxy) is 2. The predicted molar refractivity (Wildman–Crippen MR) is 115 cm³/mol. The highest BCUT2D eigenvalue weighted by Gasteiger charge is 2.34. The Hall–Kier alpha value is -3.11. The van der Waals surface area contributed by atoms with Crippen LogP contribution in [0.4, 0.5) is 25.4 Å². The van der Waals surface area contributed by atoms with E-state index in [2.05, 4.69) is 10.3 Å². The van der Waals surface area contributed by atoms with Crippen molar-refractivity contribution in [1.29, 1.82) is 0 Å². The monoisotopic (exact) mass is 448 g/mol. The predicted octanol–water partition coefficient (Wildman–Crippen LogP) is 2.89. The lowest BCUT2D eigenvalue weighted by Gasteiger charge is -2.37. The molecule has 3 aliphatic rings. The zero-order chi connectivity index (χ0) is 22.9. The van der Waals surface area contributed by atoms with E-state index in [9.17, 15) is 14.0 Å². The fraction of sp³-hybridized carbons (Fsp3) is 0.619. The third-order valence-corrected chi connectivity index (χ3v) is 5.45. The quantitative estimate of drug-likeness (QED) is 0.704. The maximum Gasteiger partial charge on any atom is 0.414 e. The Morgan fingerprint density at radius 2 is 1.97 bits per heavy atom. The Balaban J connectivity index is 1.35. The number of benzene rings is 1. The summed E-state index contributed by atoms with van der Waals surface area (Å²) in [5.74, 6) is -0.419. The number of carbonyl (C=O) groups excluding carboxylic acids is 2. The lowest BCUT2D eigenvalue weighted by atomic mass is 10.2. The first-order valence-corrected chi connectivity index (χ1v) is 10.8. The van der Waals surface area contributed by atoms with Crippen LogP contribution >= 0.6 is 0 Å². The Labute approximate surface area is 186 Å². The van der Waals surface area contributed by atoms with Crippen molar-refractivity contribution in [2.24, 2.45) is 10.3 Å². The zero-order valence-corrected chi connectivity index (χ0v) is 18.7. The molecule has 0 unspecified atom stereocenters. The van der Waals surface area contributed by atoms with E-state index in [1.165, 1.54) is 11.0 Å². The molecule has 2 amide bonds. The van der Waals surface area contributed by atoms with Crippen molar-refractivity contribution in [3.63, 3.8) is 0 Å². The molecule has 0 aromatic heterocycles. The average molecular weight is 448 g/mol. The minimum Gasteiger partial charge on any atom is -0.444 e. The fourth-order valence-electron chi connectivity index (χ4n) is 3.91. The number of anilines is 2. The van der Waals surface area contributed by atoms with Crippen molar-refractivity contribution in [3.8, 4) is 0 Å². The average Bonchev–Trinajstić information content (AvgIpc) is 3.36. The van der Waals surface area contributed by atoms with Crippen molar-refractivity contribution < 1.29 is 23.5 Å². The minimum absolute atomic E-state index is 0.332. The van der Waals surface area contributed by atoms with E-state index in [-0.39, 0.29) is 12.2 Å². The highest BCUT2D eigenvalue weighted by Crippen LogP contribution is 2.29. The summed E-state index contributed by atoms with van der Waals surface area (Å²) < 4.78 is 25.8. The minimum atomic E-state index is -0.551. The maximum absolute atomic E-state index is 15.0. The summed E-state index contributed by atoms with van der Waals surface area (Å²) in [6, 6.07) is 4.75. The second-order valence-electron chi connectivity index (χ2n) is 9.07. The Bertz CT molecular complexity index is 897. The third kappa shape index (κ3) is 5.03. The van der Waals surface area contributed by atoms with Gasteiger partial charge in [0.05, 0.1) is 37.6 Å². The number of rotatable bonds is 4. The molecule has 2 fully saturated rings. The summed E-state index contributed by atoms with van der Waals surface area (Å²) >= 11 is 0. The van der Waals surface area contributed by atoms with E-state index < -0.39 is 17.5 Å². The first kappa shape index (κ1) is 22.1. The zero-order valence-electron chi connectivity index (χ0n) is 18.7. The van der Waals surface area contributed by atoms with E-state index >= 15 is 0 Å². The molecule has 10 nitrogen and oxygen atoms in total. The molecule has 3 heterocycles. The standard InChI is InChI=1S/C21H29FN6O4/c1-21(2,3)32-19(29)26-10-8-25(9-11-26)18-5-4-15(12-17(18)22)28-14-16(31-20(28)30)13-27-7-6-23-24-27/h4-5,12,16H,6-11,13-14H2,1-3H3/t16-/m0/s1. The van der Waals surface area contributed by atoms with Gasteiger partial charge < -0.3 is 19.3 Å². The summed E-state index contributed by atoms with van der Waals surface area (Å²) in [5.41, 5.74) is 0.346. The molecule has 0 radical (unpaired) electrons. The van der Waals surface area contributed by atoms with Gasteiger partial charge in [0.25, 0.3) is 0 Å². The first-order valence-electron chi connectivity index (χ1n) is 10.8. The number of carbonyl (C=O) groups is 2. The molecule has 11 heteroatoms. The van der Waals surface area contributed by atoms with E-state index in [1.54, 1.807) is 22.0 Å². The molecule has 4 rings (SSSR count). The summed E-state index contributed by atoms with van der Waals surface area (Å²) in [6.45, 7) is 9.51. The highest BCUT2D eigenvalue weighted by atomic mass is 19.1. The van der Waals surface area contributed by atoms with Crippen LogP contribution in [0.2, 0.25) is 0 Å². The summed E-state index contributed by atoms with van der Waals surface area (Å²) in [5, 5.41) is 9.66. The smallest absolute Gasteiger partial charge is 0.414 e. The normalized spacial score (nSPS) is 21.4. The first-order chi connectivity index (χ1) is 15.2. The van der Waals surface area contributed by atoms with Crippen LogP contribution in [0.5, 0.6) is 0 Å². The number of hydrogen-bond acceptors (Lipinski definition) is 8. The van der Waals surface area contributed by atoms with Crippen LogP contribution in [-0.4, -0.2) is 86.2 Å². The van der Waals surface area contributed by atoms with Gasteiger partial charge in [0.15, 0.2) is 0 Å². The number of hydrogen-bond donors (Lipinski definition) is 0. The van der Waals surface area contributed by atoms with Gasteiger partial charge in [-0.3, -0.25) is 9.91 Å². The summed E-state index contributed by atoms with van der Waals surface area (Å²) in [7, 11) is 0. The number of cyclic esters (lactones) is 1. The lowest BCUT2D eigenvalue weighted by molar-refractivity contribution is 0.0240. The Morgan fingerprint density at radius 3 is 2.59 bits per heavy atom. The van der Waals surface area contributed by atoms with Crippen LogP contribution in [-0.2, 0) is 9.47 Å². The molecule has 1 aromatic rings. The van der Waals surface area contributed by atoms with Crippen LogP contribution in [0, 0.1) is 5.82 Å². The molecule has 0 bridgehead atoms. The molecule has 1 atom stereocenters. The molecule has 1 aromatic carbocycles. The van der Waals surface area contributed by atoms with Gasteiger partial charge >= 0.3 is 12.2 Å². The van der Waals surface area contributed by atoms with Crippen LogP contribution < -0.4 is 9.80 Å². The van der Waals surface area contributed by atoms with Gasteiger partial charge in [0.2, 0.25) is 0 Å². The molecule has 3 aliphatic heterocycles. The van der Waals surface area contributed by atoms with Crippen molar-refractivity contribution in [2.75, 3.05) is 62.2 Å². The molecule has 32 heavy (non-hydrogen) atoms. The molecule has 0 saturated carbocycles. The third-order valence-electron chi connectivity index (χ3n) is 5.45. The van der Waals surface area contributed by atoms with Crippen LogP contribution in [0.25, 0.3) is 0 Å². The molecule has 0 N–H and O–H groups in total. The number of halogens is 1. The van der Waals surface area contributed by atoms with Gasteiger partial charge in [-0.05, 0) is 39.0 Å². The van der Waals surface area contributed by atoms with Gasteiger partial charge in [-0.25, -0.2) is 14.0 Å². The van der Waals surface area contributed by atoms with Gasteiger partial charge in [-0.2, -0.15) is 5.11 Å². The lowest BCUT2D eigenvalue weighted by Crippen LogP contribution is -2.50. The van der Waals surface area contributed by atoms with Gasteiger partial charge in [-0.15, -0.1) is 0 Å². The molecular weight excluding hydrogens is 419 g/mol. The van der Waals surface area contributed by atoms with Crippen LogP contribution in [0.1, 0.15) is 20.8 Å². The Kier molecular flexibility index (Phi) is 6.07. The van der Waals surface area contributed by atoms with E-state index in [0.29, 0.717) is 63.7 Å². The summed E-state index contributed by atoms with van der Waals surface area (Å²) in [6.07, 6.45) is -1.20. The molecule has 0 spiro atoms. The van der Waals surface area contributed by atoms with Crippen LogP contribution in [0.3, 0.4) is 0 Å². The number of nitrogens with zero attached hydrogens (tertiary/aromatic N) is 6. The van der Waals surface area contributed by atoms with Crippen molar-refractivity contribution in [2.45, 2.75) is 32.5 Å². The van der Waals surface area contributed by atoms with Gasteiger partial charge in [0.1, 0.15) is 17.5 Å². The SMILES string of the molecule is CC(C)(C)OC(=O)N1CCN(c2ccc(N3C[C@H](CN4CCN=N4)OC3=O)cc2F)CC1. The molecule has 174 valence electrons. The second-order valence-corrected chi connectivity index (χ2v) is 9.07. The van der Waals surface area contributed by atoms with Crippen LogP contribution in [0.15, 0.2) is 28.5 Å². The van der Waals surface area contributed by atoms with E-state index in [0.717, 1.165) is 0 Å². The van der Waals surface area contributed by atoms with E-state index in [4.69, 9.17) is 9.47 Å². The van der Waals surface area contributed by atoms with Crippen molar-refractivity contribution >= 4 is 23.6 Å². The second kappa shape index (κ2) is 8.79. The van der Waals surface area contributed by atoms with Gasteiger partial charge in [-0.1, -0.05) is 5.22 Å². The molecular formula is C21H29FN6O4. The highest BCUT2D eigenvalue weighted by molar-refractivity contribution is 5.90. The van der Waals surface area contributed by atoms with Crippen molar-refractivity contribution in [1.82, 2.24) is 9.91 Å². The maximum atomic E-state index is 15.0. The fourth-order valence-corrected chi connectivity index (χ4v) is 3.91. The van der Waals surface area contributed by atoms with E-state index in [1.807, 2.05) is 25.7 Å². The largest absolute Gasteiger partial charge is 0.444 e. The molecule has 2 saturated heterocycles. The molecule has 0 aliphatic carbocycles. The Morgan fingerprint density at radius 1 is 1.22 bits per heavy atom. The number of piperazine rings is 1. The summed E-state index contributed by atoms with van der Waals surface area (Å²) in [4.78, 5) is 29.5. The number of amides is 2.